The Labute approximate surface area is 120 Å². The number of allylic oxidation sites excluding steroid dienone is 2. The van der Waals surface area contributed by atoms with Gasteiger partial charge in [-0.3, -0.25) is 4.79 Å². The van der Waals surface area contributed by atoms with E-state index in [0.717, 1.165) is 0 Å². The average molecular weight is 286 g/mol. The predicted molar refractivity (Wildman–Crippen MR) is 82.0 cm³/mol. The molecule has 2 rings (SSSR count). The summed E-state index contributed by atoms with van der Waals surface area (Å²) in [5.74, 6) is -0.828. The molecular formula is C17H12F2O2. The van der Waals surface area contributed by atoms with Crippen molar-refractivity contribution >= 4 is 28.9 Å². The Hall–Kier alpha value is -2.75. The molecule has 0 radical (unpaired) electrons. The Morgan fingerprint density at radius 3 is 2.67 bits per heavy atom. The van der Waals surface area contributed by atoms with Crippen molar-refractivity contribution < 1.29 is 13.2 Å². The Bertz CT molecular complexity index is 827. The van der Waals surface area contributed by atoms with Gasteiger partial charge in [0, 0.05) is 0 Å². The average Bonchev–Trinajstić information content (AvgIpc) is 2.47. The molecule has 0 bridgehead atoms. The minimum Gasteiger partial charge on any atom is -0.456 e. The van der Waals surface area contributed by atoms with Crippen molar-refractivity contribution in [2.75, 3.05) is 0 Å². The van der Waals surface area contributed by atoms with Crippen LogP contribution in [0.25, 0.3) is 28.9 Å². The molecule has 1 aromatic carbocycles. The van der Waals surface area contributed by atoms with Gasteiger partial charge in [-0.25, -0.2) is 8.78 Å². The highest BCUT2D eigenvalue weighted by atomic mass is 19.1. The molecule has 4 heteroatoms. The Morgan fingerprint density at radius 1 is 1.29 bits per heavy atom. The van der Waals surface area contributed by atoms with Crippen LogP contribution in [0, 0.1) is 0 Å². The normalized spacial score (nSPS) is 11.5. The molecule has 2 aromatic rings. The zero-order chi connectivity index (χ0) is 15.4. The van der Waals surface area contributed by atoms with Crippen LogP contribution in [0.1, 0.15) is 16.9 Å². The maximum atomic E-state index is 13.5. The molecule has 0 saturated heterocycles. The van der Waals surface area contributed by atoms with Crippen LogP contribution in [0.3, 0.4) is 0 Å². The van der Waals surface area contributed by atoms with Crippen LogP contribution in [0.2, 0.25) is 0 Å². The molecule has 0 spiro atoms. The van der Waals surface area contributed by atoms with Crippen LogP contribution >= 0.6 is 0 Å². The third-order valence-corrected chi connectivity index (χ3v) is 2.87. The summed E-state index contributed by atoms with van der Waals surface area (Å²) in [6, 6.07) is 4.83. The molecule has 2 nitrogen and oxygen atoms in total. The van der Waals surface area contributed by atoms with Crippen LogP contribution in [-0.4, -0.2) is 0 Å². The molecule has 0 aliphatic heterocycles. The van der Waals surface area contributed by atoms with Crippen LogP contribution in [-0.2, 0) is 0 Å². The largest absolute Gasteiger partial charge is 0.456 e. The van der Waals surface area contributed by atoms with E-state index in [0.29, 0.717) is 17.5 Å². The Morgan fingerprint density at radius 2 is 2.05 bits per heavy atom. The van der Waals surface area contributed by atoms with E-state index in [1.165, 1.54) is 18.2 Å². The van der Waals surface area contributed by atoms with Gasteiger partial charge in [0.05, 0.1) is 11.7 Å². The third kappa shape index (κ3) is 2.89. The standard InChI is InChI=1S/C17H12F2O2/c1-3-14-16(11(2)19)17(20)13-10-12(6-4-5-9-18)7-8-15(13)21-14/h3-10H,1-2H2/b6-4-,9-5+. The first-order valence-electron chi connectivity index (χ1n) is 6.10. The van der Waals surface area contributed by atoms with Crippen molar-refractivity contribution in [2.24, 2.45) is 0 Å². The van der Waals surface area contributed by atoms with Gasteiger partial charge in [0.25, 0.3) is 0 Å². The molecule has 0 aliphatic carbocycles. The van der Waals surface area contributed by atoms with Crippen LogP contribution < -0.4 is 5.43 Å². The van der Waals surface area contributed by atoms with Gasteiger partial charge in [-0.1, -0.05) is 31.4 Å². The predicted octanol–water partition coefficient (Wildman–Crippen LogP) is 4.87. The van der Waals surface area contributed by atoms with Crippen molar-refractivity contribution in [3.8, 4) is 0 Å². The zero-order valence-electron chi connectivity index (χ0n) is 11.1. The van der Waals surface area contributed by atoms with Gasteiger partial charge in [0.2, 0.25) is 5.43 Å². The van der Waals surface area contributed by atoms with Gasteiger partial charge >= 0.3 is 0 Å². The highest BCUT2D eigenvalue weighted by Gasteiger charge is 2.15. The van der Waals surface area contributed by atoms with Crippen molar-refractivity contribution in [1.29, 1.82) is 0 Å². The molecule has 0 unspecified atom stereocenters. The van der Waals surface area contributed by atoms with E-state index in [1.807, 2.05) is 0 Å². The second kappa shape index (κ2) is 6.13. The summed E-state index contributed by atoms with van der Waals surface area (Å²) in [5.41, 5.74) is 0.227. The Balaban J connectivity index is 2.72. The number of halogens is 2. The minimum absolute atomic E-state index is 0.0451. The summed E-state index contributed by atoms with van der Waals surface area (Å²) in [5, 5.41) is 0.223. The quantitative estimate of drug-likeness (QED) is 0.750. The minimum atomic E-state index is -0.873. The second-order valence-electron chi connectivity index (χ2n) is 4.21. The van der Waals surface area contributed by atoms with E-state index in [9.17, 15) is 13.6 Å². The molecule has 106 valence electrons. The highest BCUT2D eigenvalue weighted by Crippen LogP contribution is 2.23. The highest BCUT2D eigenvalue weighted by molar-refractivity contribution is 5.84. The summed E-state index contributed by atoms with van der Waals surface area (Å²) in [6.07, 6.45) is 5.97. The van der Waals surface area contributed by atoms with E-state index in [-0.39, 0.29) is 16.7 Å². The molecule has 0 atom stereocenters. The van der Waals surface area contributed by atoms with Gasteiger partial charge in [0.15, 0.2) is 0 Å². The number of rotatable bonds is 4. The first-order chi connectivity index (χ1) is 10.1. The third-order valence-electron chi connectivity index (χ3n) is 2.87. The summed E-state index contributed by atoms with van der Waals surface area (Å²) in [6.45, 7) is 6.64. The van der Waals surface area contributed by atoms with Crippen molar-refractivity contribution in [1.82, 2.24) is 0 Å². The van der Waals surface area contributed by atoms with Crippen molar-refractivity contribution in [3.05, 3.63) is 76.9 Å². The van der Waals surface area contributed by atoms with Crippen molar-refractivity contribution in [2.45, 2.75) is 0 Å². The monoisotopic (exact) mass is 286 g/mol. The summed E-state index contributed by atoms with van der Waals surface area (Å²) in [4.78, 5) is 12.3. The van der Waals surface area contributed by atoms with Crippen molar-refractivity contribution in [3.63, 3.8) is 0 Å². The number of hydrogen-bond acceptors (Lipinski definition) is 2. The molecule has 0 amide bonds. The van der Waals surface area contributed by atoms with Gasteiger partial charge < -0.3 is 4.42 Å². The molecule has 1 aromatic heterocycles. The smallest absolute Gasteiger partial charge is 0.203 e. The van der Waals surface area contributed by atoms with E-state index in [1.54, 1.807) is 24.3 Å². The lowest BCUT2D eigenvalue weighted by atomic mass is 10.1. The lowest BCUT2D eigenvalue weighted by Gasteiger charge is -2.05. The number of benzene rings is 1. The molecule has 0 N–H and O–H groups in total. The van der Waals surface area contributed by atoms with Crippen LogP contribution in [0.5, 0.6) is 0 Å². The lowest BCUT2D eigenvalue weighted by Crippen LogP contribution is -2.09. The summed E-state index contributed by atoms with van der Waals surface area (Å²) < 4.78 is 30.8. The first kappa shape index (κ1) is 14.7. The van der Waals surface area contributed by atoms with Crippen LogP contribution in [0.4, 0.5) is 8.78 Å². The number of fused-ring (bicyclic) bond motifs is 1. The van der Waals surface area contributed by atoms with E-state index in [4.69, 9.17) is 4.42 Å². The number of hydrogen-bond donors (Lipinski definition) is 0. The maximum absolute atomic E-state index is 13.5. The molecule has 0 aliphatic rings. The second-order valence-corrected chi connectivity index (χ2v) is 4.21. The molecular weight excluding hydrogens is 274 g/mol. The van der Waals surface area contributed by atoms with E-state index in [2.05, 4.69) is 13.2 Å². The Kier molecular flexibility index (Phi) is 4.28. The fraction of sp³-hybridized carbons (Fsp3) is 0. The first-order valence-corrected chi connectivity index (χ1v) is 6.10. The molecule has 0 fully saturated rings. The summed E-state index contributed by atoms with van der Waals surface area (Å²) in [7, 11) is 0. The fourth-order valence-electron chi connectivity index (χ4n) is 1.94. The van der Waals surface area contributed by atoms with E-state index >= 15 is 0 Å². The molecule has 0 saturated carbocycles. The van der Waals surface area contributed by atoms with E-state index < -0.39 is 11.3 Å². The maximum Gasteiger partial charge on any atom is 0.203 e. The lowest BCUT2D eigenvalue weighted by molar-refractivity contribution is 0.584. The molecule has 21 heavy (non-hydrogen) atoms. The fourth-order valence-corrected chi connectivity index (χ4v) is 1.94. The topological polar surface area (TPSA) is 30.2 Å². The molecule has 1 heterocycles. The SMILES string of the molecule is C=Cc1oc2ccc(/C=C\C=C\F)cc2c(=O)c1C(=C)F. The summed E-state index contributed by atoms with van der Waals surface area (Å²) >= 11 is 0. The van der Waals surface area contributed by atoms with Gasteiger partial charge in [-0.15, -0.1) is 0 Å². The van der Waals surface area contributed by atoms with Gasteiger partial charge in [-0.05, 0) is 29.8 Å². The van der Waals surface area contributed by atoms with Gasteiger partial charge in [-0.2, -0.15) is 0 Å². The van der Waals surface area contributed by atoms with Gasteiger partial charge in [0.1, 0.15) is 22.7 Å². The zero-order valence-corrected chi connectivity index (χ0v) is 11.1. The van der Waals surface area contributed by atoms with Crippen LogP contribution in [0.15, 0.2) is 59.1 Å².